The Balaban J connectivity index is 2.90. The van der Waals surface area contributed by atoms with Crippen LogP contribution in [0.1, 0.15) is 19.4 Å². The fourth-order valence-corrected chi connectivity index (χ4v) is 1.55. The van der Waals surface area contributed by atoms with Gasteiger partial charge in [0.1, 0.15) is 6.04 Å². The Morgan fingerprint density at radius 3 is 2.21 bits per heavy atom. The molecule has 1 atom stereocenters. The van der Waals surface area contributed by atoms with Crippen LogP contribution in [-0.2, 0) is 9.59 Å². The van der Waals surface area contributed by atoms with Gasteiger partial charge in [0.05, 0.1) is 0 Å². The zero-order chi connectivity index (χ0) is 14.4. The van der Waals surface area contributed by atoms with Crippen molar-refractivity contribution in [2.75, 3.05) is 0 Å². The first-order valence-corrected chi connectivity index (χ1v) is 5.78. The van der Waals surface area contributed by atoms with Crippen LogP contribution in [-0.4, -0.2) is 33.9 Å². The molecular weight excluding hydrogens is 248 g/mol. The maximum absolute atomic E-state index is 11.9. The molecule has 1 amide bonds. The Morgan fingerprint density at radius 2 is 1.79 bits per heavy atom. The van der Waals surface area contributed by atoms with Gasteiger partial charge in [0.25, 0.3) is 5.91 Å². The first kappa shape index (κ1) is 14.7. The van der Waals surface area contributed by atoms with Crippen LogP contribution in [0.25, 0.3) is 0 Å². The molecule has 0 aliphatic heterocycles. The minimum atomic E-state index is -1.13. The van der Waals surface area contributed by atoms with Crippen LogP contribution in [0.15, 0.2) is 35.5 Å². The minimum absolute atomic E-state index is 0.215. The van der Waals surface area contributed by atoms with Gasteiger partial charge in [-0.05, 0) is 5.92 Å². The number of nitrogens with zero attached hydrogens (tertiary/aromatic N) is 1. The average molecular weight is 264 g/mol. The molecule has 6 nitrogen and oxygen atoms in total. The van der Waals surface area contributed by atoms with Crippen molar-refractivity contribution in [2.24, 2.45) is 11.1 Å². The summed E-state index contributed by atoms with van der Waals surface area (Å²) in [5.74, 6) is -2.14. The third kappa shape index (κ3) is 3.80. The number of hydrogen-bond acceptors (Lipinski definition) is 4. The Labute approximate surface area is 110 Å². The molecule has 0 aromatic heterocycles. The van der Waals surface area contributed by atoms with Crippen molar-refractivity contribution >= 4 is 17.6 Å². The Hall–Kier alpha value is -2.37. The summed E-state index contributed by atoms with van der Waals surface area (Å²) in [6.07, 6.45) is 0. The number of oxime groups is 1. The second-order valence-electron chi connectivity index (χ2n) is 4.35. The van der Waals surface area contributed by atoms with Gasteiger partial charge < -0.3 is 15.6 Å². The van der Waals surface area contributed by atoms with Gasteiger partial charge in [0.15, 0.2) is 5.71 Å². The van der Waals surface area contributed by atoms with E-state index in [0.717, 1.165) is 0 Å². The van der Waals surface area contributed by atoms with Crippen molar-refractivity contribution in [3.05, 3.63) is 35.9 Å². The summed E-state index contributed by atoms with van der Waals surface area (Å²) in [6.45, 7) is 3.36. The van der Waals surface area contributed by atoms with E-state index in [1.54, 1.807) is 44.2 Å². The lowest BCUT2D eigenvalue weighted by atomic mass is 10.0. The second kappa shape index (κ2) is 6.53. The summed E-state index contributed by atoms with van der Waals surface area (Å²) < 4.78 is 0. The first-order chi connectivity index (χ1) is 8.97. The van der Waals surface area contributed by atoms with E-state index in [2.05, 4.69) is 10.5 Å². The Morgan fingerprint density at radius 1 is 1.21 bits per heavy atom. The molecule has 0 bridgehead atoms. The van der Waals surface area contributed by atoms with E-state index in [1.807, 2.05) is 0 Å². The number of carboxylic acids is 1. The molecule has 0 aliphatic rings. The summed E-state index contributed by atoms with van der Waals surface area (Å²) in [5, 5.41) is 23.2. The van der Waals surface area contributed by atoms with Crippen molar-refractivity contribution in [2.45, 2.75) is 19.9 Å². The molecule has 3 N–H and O–H groups in total. The topological polar surface area (TPSA) is 99.0 Å². The number of carbonyl (C=O) groups excluding carboxylic acids is 1. The third-order valence-electron chi connectivity index (χ3n) is 2.58. The molecule has 1 aromatic rings. The molecular formula is C13H16N2O4. The van der Waals surface area contributed by atoms with Crippen LogP contribution in [0.3, 0.4) is 0 Å². The smallest absolute Gasteiger partial charge is 0.326 e. The van der Waals surface area contributed by atoms with Crippen LogP contribution in [0.5, 0.6) is 0 Å². The molecule has 0 aliphatic carbocycles. The number of aliphatic carboxylic acids is 1. The van der Waals surface area contributed by atoms with E-state index < -0.39 is 17.9 Å². The van der Waals surface area contributed by atoms with Crippen molar-refractivity contribution in [3.63, 3.8) is 0 Å². The molecule has 0 fully saturated rings. The Kier molecular flexibility index (Phi) is 5.05. The normalized spacial score (nSPS) is 13.1. The molecule has 19 heavy (non-hydrogen) atoms. The van der Waals surface area contributed by atoms with Crippen molar-refractivity contribution < 1.29 is 19.9 Å². The molecule has 0 saturated carbocycles. The second-order valence-corrected chi connectivity index (χ2v) is 4.35. The SMILES string of the molecule is CC(C)[C@H](NC(=O)C(=NO)c1ccccc1)C(=O)O. The van der Waals surface area contributed by atoms with E-state index in [1.165, 1.54) is 0 Å². The zero-order valence-corrected chi connectivity index (χ0v) is 10.7. The molecule has 0 saturated heterocycles. The molecule has 6 heteroatoms. The van der Waals surface area contributed by atoms with Crippen LogP contribution in [0, 0.1) is 5.92 Å². The largest absolute Gasteiger partial charge is 0.480 e. The molecule has 0 radical (unpaired) electrons. The molecule has 0 spiro atoms. The van der Waals surface area contributed by atoms with E-state index in [0.29, 0.717) is 5.56 Å². The lowest BCUT2D eigenvalue weighted by Crippen LogP contribution is -2.47. The number of hydrogen-bond donors (Lipinski definition) is 3. The molecule has 1 rings (SSSR count). The van der Waals surface area contributed by atoms with Gasteiger partial charge in [-0.25, -0.2) is 4.79 Å². The van der Waals surface area contributed by atoms with Crippen LogP contribution in [0.2, 0.25) is 0 Å². The van der Waals surface area contributed by atoms with Crippen LogP contribution in [0.4, 0.5) is 0 Å². The standard InChI is InChI=1S/C13H16N2O4/c1-8(2)10(13(17)18)14-12(16)11(15-19)9-6-4-3-5-7-9/h3-8,10,19H,1-2H3,(H,14,16)(H,17,18)/t10-/m0/s1. The number of amides is 1. The average Bonchev–Trinajstić information content (AvgIpc) is 2.37. The maximum atomic E-state index is 11.9. The predicted molar refractivity (Wildman–Crippen MR) is 69.2 cm³/mol. The monoisotopic (exact) mass is 264 g/mol. The van der Waals surface area contributed by atoms with Gasteiger partial charge in [-0.1, -0.05) is 49.3 Å². The van der Waals surface area contributed by atoms with E-state index in [9.17, 15) is 9.59 Å². The highest BCUT2D eigenvalue weighted by molar-refractivity contribution is 6.45. The molecule has 0 heterocycles. The molecule has 102 valence electrons. The lowest BCUT2D eigenvalue weighted by Gasteiger charge is -2.18. The highest BCUT2D eigenvalue weighted by Gasteiger charge is 2.26. The highest BCUT2D eigenvalue weighted by atomic mass is 16.4. The number of carbonyl (C=O) groups is 2. The third-order valence-corrected chi connectivity index (χ3v) is 2.58. The van der Waals surface area contributed by atoms with Gasteiger partial charge in [-0.15, -0.1) is 0 Å². The van der Waals surface area contributed by atoms with E-state index in [-0.39, 0.29) is 11.6 Å². The lowest BCUT2D eigenvalue weighted by molar-refractivity contribution is -0.142. The van der Waals surface area contributed by atoms with Crippen molar-refractivity contribution in [1.82, 2.24) is 5.32 Å². The maximum Gasteiger partial charge on any atom is 0.326 e. The quantitative estimate of drug-likeness (QED) is 0.421. The molecule has 0 unspecified atom stereocenters. The zero-order valence-electron chi connectivity index (χ0n) is 10.7. The summed E-state index contributed by atoms with van der Waals surface area (Å²) in [4.78, 5) is 22.9. The fraction of sp³-hybridized carbons (Fsp3) is 0.308. The van der Waals surface area contributed by atoms with Gasteiger partial charge >= 0.3 is 5.97 Å². The van der Waals surface area contributed by atoms with Gasteiger partial charge in [0.2, 0.25) is 0 Å². The number of rotatable bonds is 5. The van der Waals surface area contributed by atoms with E-state index >= 15 is 0 Å². The summed E-state index contributed by atoms with van der Waals surface area (Å²) >= 11 is 0. The first-order valence-electron chi connectivity index (χ1n) is 5.78. The fourth-order valence-electron chi connectivity index (χ4n) is 1.55. The van der Waals surface area contributed by atoms with Gasteiger partial charge in [0, 0.05) is 5.56 Å². The summed E-state index contributed by atoms with van der Waals surface area (Å²) in [7, 11) is 0. The van der Waals surface area contributed by atoms with Crippen LogP contribution < -0.4 is 5.32 Å². The number of benzene rings is 1. The molecule has 1 aromatic carbocycles. The Bertz CT molecular complexity index is 483. The summed E-state index contributed by atoms with van der Waals surface area (Å²) in [6, 6.07) is 7.29. The van der Waals surface area contributed by atoms with Gasteiger partial charge in [-0.3, -0.25) is 4.79 Å². The predicted octanol–water partition coefficient (Wildman–Crippen LogP) is 1.09. The van der Waals surface area contributed by atoms with Gasteiger partial charge in [-0.2, -0.15) is 0 Å². The van der Waals surface area contributed by atoms with Crippen molar-refractivity contribution in [1.29, 1.82) is 0 Å². The van der Waals surface area contributed by atoms with Crippen LogP contribution >= 0.6 is 0 Å². The van der Waals surface area contributed by atoms with Crippen molar-refractivity contribution in [3.8, 4) is 0 Å². The highest BCUT2D eigenvalue weighted by Crippen LogP contribution is 2.05. The van der Waals surface area contributed by atoms with E-state index in [4.69, 9.17) is 10.3 Å². The summed E-state index contributed by atoms with van der Waals surface area (Å²) in [5.41, 5.74) is 0.197. The number of nitrogens with one attached hydrogen (secondary N) is 1. The number of carboxylic acid groups (broad SMARTS) is 1. The minimum Gasteiger partial charge on any atom is -0.480 e.